The molecule has 2 amide bonds. The molecule has 4 rings (SSSR count). The summed E-state index contributed by atoms with van der Waals surface area (Å²) in [5.41, 5.74) is 1.53. The highest BCUT2D eigenvalue weighted by molar-refractivity contribution is 7.17. The predicted molar refractivity (Wildman–Crippen MR) is 109 cm³/mol. The lowest BCUT2D eigenvalue weighted by molar-refractivity contribution is -0.119. The first-order valence-corrected chi connectivity index (χ1v) is 10.2. The van der Waals surface area contributed by atoms with Crippen LogP contribution >= 0.6 is 11.3 Å². The number of nitrogens with one attached hydrogen (secondary N) is 1. The Morgan fingerprint density at radius 3 is 2.83 bits per heavy atom. The van der Waals surface area contributed by atoms with E-state index >= 15 is 0 Å². The van der Waals surface area contributed by atoms with Crippen LogP contribution in [-0.4, -0.2) is 54.7 Å². The lowest BCUT2D eigenvalue weighted by Crippen LogP contribution is -2.33. The van der Waals surface area contributed by atoms with Gasteiger partial charge in [-0.1, -0.05) is 5.16 Å². The number of cyclic esters (lactones) is 1. The average molecular weight is 433 g/mol. The summed E-state index contributed by atoms with van der Waals surface area (Å²) < 4.78 is 20.1. The molecule has 1 aromatic carbocycles. The number of rotatable bonds is 6. The quantitative estimate of drug-likeness (QED) is 0.729. The van der Waals surface area contributed by atoms with Crippen LogP contribution in [-0.2, 0) is 14.4 Å². The molecular formula is C20H20FN3O5S. The fraction of sp³-hybridized carbons (Fsp3) is 0.350. The van der Waals surface area contributed by atoms with Crippen LogP contribution in [0, 0.1) is 5.82 Å². The van der Waals surface area contributed by atoms with Gasteiger partial charge < -0.3 is 20.0 Å². The molecule has 0 saturated carbocycles. The van der Waals surface area contributed by atoms with Crippen molar-refractivity contribution < 1.29 is 28.7 Å². The molecule has 0 bridgehead atoms. The molecule has 158 valence electrons. The van der Waals surface area contributed by atoms with Crippen LogP contribution in [0.15, 0.2) is 35.5 Å². The van der Waals surface area contributed by atoms with Gasteiger partial charge in [-0.05, 0) is 30.3 Å². The highest BCUT2D eigenvalue weighted by Crippen LogP contribution is 2.34. The SMILES string of the molecule is CC(=O)NCC1CN(c2ccc(-c3ccc(C4=NOC(CO)C4)s3)c(F)c2)C(=O)O1. The molecule has 1 fully saturated rings. The molecule has 2 unspecified atom stereocenters. The molecule has 10 heteroatoms. The van der Waals surface area contributed by atoms with Crippen LogP contribution in [0.2, 0.25) is 0 Å². The molecule has 0 spiro atoms. The third-order valence-corrected chi connectivity index (χ3v) is 5.98. The topological polar surface area (TPSA) is 100 Å². The fourth-order valence-electron chi connectivity index (χ4n) is 3.28. The monoisotopic (exact) mass is 433 g/mol. The van der Waals surface area contributed by atoms with Gasteiger partial charge >= 0.3 is 6.09 Å². The van der Waals surface area contributed by atoms with Crippen LogP contribution < -0.4 is 10.2 Å². The molecule has 1 aromatic heterocycles. The fourth-order valence-corrected chi connectivity index (χ4v) is 4.30. The van der Waals surface area contributed by atoms with Crippen molar-refractivity contribution in [1.29, 1.82) is 0 Å². The molecule has 2 aliphatic rings. The normalized spacial score (nSPS) is 20.7. The van der Waals surface area contributed by atoms with E-state index in [4.69, 9.17) is 14.7 Å². The number of oxime groups is 1. The minimum atomic E-state index is -0.575. The highest BCUT2D eigenvalue weighted by Gasteiger charge is 2.33. The van der Waals surface area contributed by atoms with Crippen molar-refractivity contribution in [3.05, 3.63) is 41.0 Å². The van der Waals surface area contributed by atoms with Crippen molar-refractivity contribution in [2.75, 3.05) is 24.6 Å². The molecule has 2 N–H and O–H groups in total. The van der Waals surface area contributed by atoms with Crippen LogP contribution in [0.5, 0.6) is 0 Å². The smallest absolute Gasteiger partial charge is 0.414 e. The van der Waals surface area contributed by atoms with Gasteiger partial charge in [-0.2, -0.15) is 0 Å². The minimum absolute atomic E-state index is 0.105. The van der Waals surface area contributed by atoms with Crippen LogP contribution in [0.1, 0.15) is 18.2 Å². The second kappa shape index (κ2) is 8.41. The third kappa shape index (κ3) is 4.14. The van der Waals surface area contributed by atoms with Crippen molar-refractivity contribution in [3.8, 4) is 10.4 Å². The van der Waals surface area contributed by atoms with Crippen molar-refractivity contribution in [3.63, 3.8) is 0 Å². The summed E-state index contributed by atoms with van der Waals surface area (Å²) in [6, 6.07) is 8.24. The Bertz CT molecular complexity index is 1010. The van der Waals surface area contributed by atoms with Gasteiger partial charge in [-0.3, -0.25) is 9.69 Å². The molecule has 2 aromatic rings. The van der Waals surface area contributed by atoms with Gasteiger partial charge in [-0.25, -0.2) is 9.18 Å². The third-order valence-electron chi connectivity index (χ3n) is 4.81. The van der Waals surface area contributed by atoms with Gasteiger partial charge in [0.2, 0.25) is 5.91 Å². The summed E-state index contributed by atoms with van der Waals surface area (Å²) >= 11 is 1.38. The molecule has 0 radical (unpaired) electrons. The van der Waals surface area contributed by atoms with E-state index in [1.165, 1.54) is 29.2 Å². The summed E-state index contributed by atoms with van der Waals surface area (Å²) in [6.07, 6.45) is -0.889. The number of halogens is 1. The largest absolute Gasteiger partial charge is 0.442 e. The highest BCUT2D eigenvalue weighted by atomic mass is 32.1. The standard InChI is InChI=1S/C20H20FN3O5S/c1-11(26)22-8-14-9-24(20(27)28-14)12-2-3-15(16(21)6-12)18-4-5-19(30-18)17-7-13(10-25)29-23-17/h2-6,13-14,25H,7-10H2,1H3,(H,22,26). The summed E-state index contributed by atoms with van der Waals surface area (Å²) in [5, 5.41) is 15.7. The Labute approximate surface area is 175 Å². The zero-order valence-corrected chi connectivity index (χ0v) is 16.9. The zero-order valence-electron chi connectivity index (χ0n) is 16.1. The maximum atomic E-state index is 14.9. The predicted octanol–water partition coefficient (Wildman–Crippen LogP) is 2.50. The number of anilines is 1. The number of nitrogens with zero attached hydrogens (tertiary/aromatic N) is 2. The van der Waals surface area contributed by atoms with Crippen molar-refractivity contribution in [2.24, 2.45) is 5.16 Å². The number of carbonyl (C=O) groups is 2. The number of ether oxygens (including phenoxy) is 1. The van der Waals surface area contributed by atoms with Gasteiger partial charge in [0.1, 0.15) is 17.6 Å². The first-order valence-electron chi connectivity index (χ1n) is 9.41. The molecule has 1 saturated heterocycles. The number of hydrogen-bond acceptors (Lipinski definition) is 7. The number of amides is 2. The van der Waals surface area contributed by atoms with Crippen LogP contribution in [0.3, 0.4) is 0 Å². The number of aliphatic hydroxyl groups excluding tert-OH is 1. The van der Waals surface area contributed by atoms with Gasteiger partial charge in [0.15, 0.2) is 6.10 Å². The average Bonchev–Trinajstić information content (AvgIpc) is 3.45. The lowest BCUT2D eigenvalue weighted by Gasteiger charge is -2.14. The van der Waals surface area contributed by atoms with E-state index in [0.717, 1.165) is 15.5 Å². The van der Waals surface area contributed by atoms with Crippen molar-refractivity contribution in [2.45, 2.75) is 25.6 Å². The summed E-state index contributed by atoms with van der Waals surface area (Å²) in [4.78, 5) is 31.2. The molecule has 3 heterocycles. The molecule has 30 heavy (non-hydrogen) atoms. The number of carbonyl (C=O) groups excluding carboxylic acids is 2. The minimum Gasteiger partial charge on any atom is -0.442 e. The van der Waals surface area contributed by atoms with E-state index in [2.05, 4.69) is 10.5 Å². The molecular weight excluding hydrogens is 413 g/mol. The van der Waals surface area contributed by atoms with Crippen molar-refractivity contribution >= 4 is 34.7 Å². The van der Waals surface area contributed by atoms with Crippen LogP contribution in [0.4, 0.5) is 14.9 Å². The van der Waals surface area contributed by atoms with E-state index < -0.39 is 18.0 Å². The van der Waals surface area contributed by atoms with Gasteiger partial charge in [0.25, 0.3) is 0 Å². The summed E-state index contributed by atoms with van der Waals surface area (Å²) in [6.45, 7) is 1.72. The lowest BCUT2D eigenvalue weighted by atomic mass is 10.1. The number of hydrogen-bond donors (Lipinski definition) is 2. The second-order valence-corrected chi connectivity index (χ2v) is 8.12. The number of aliphatic hydroxyl groups is 1. The van der Waals surface area contributed by atoms with Gasteiger partial charge in [0.05, 0.1) is 30.3 Å². The summed E-state index contributed by atoms with van der Waals surface area (Å²) in [5.74, 6) is -0.672. The second-order valence-electron chi connectivity index (χ2n) is 7.03. The molecule has 2 aliphatic heterocycles. The van der Waals surface area contributed by atoms with E-state index in [1.807, 2.05) is 6.07 Å². The van der Waals surface area contributed by atoms with E-state index in [-0.39, 0.29) is 31.7 Å². The van der Waals surface area contributed by atoms with Crippen molar-refractivity contribution in [1.82, 2.24) is 5.32 Å². The van der Waals surface area contributed by atoms with E-state index in [1.54, 1.807) is 18.2 Å². The summed E-state index contributed by atoms with van der Waals surface area (Å²) in [7, 11) is 0. The maximum absolute atomic E-state index is 14.9. The van der Waals surface area contributed by atoms with E-state index in [0.29, 0.717) is 17.7 Å². The maximum Gasteiger partial charge on any atom is 0.414 e. The Morgan fingerprint density at radius 2 is 2.13 bits per heavy atom. The van der Waals surface area contributed by atoms with E-state index in [9.17, 15) is 14.0 Å². The first kappa shape index (κ1) is 20.3. The Kier molecular flexibility index (Phi) is 5.69. The molecule has 8 nitrogen and oxygen atoms in total. The van der Waals surface area contributed by atoms with Gasteiger partial charge in [0, 0.05) is 23.8 Å². The number of thiophene rings is 1. The molecule has 2 atom stereocenters. The molecule has 0 aliphatic carbocycles. The Hall–Kier alpha value is -2.98. The van der Waals surface area contributed by atoms with Gasteiger partial charge in [-0.15, -0.1) is 11.3 Å². The number of benzene rings is 1. The zero-order chi connectivity index (χ0) is 21.3. The Balaban J connectivity index is 1.48. The first-order chi connectivity index (χ1) is 14.4. The van der Waals surface area contributed by atoms with Crippen LogP contribution in [0.25, 0.3) is 10.4 Å². The Morgan fingerprint density at radius 1 is 1.33 bits per heavy atom.